The van der Waals surface area contributed by atoms with E-state index in [-0.39, 0.29) is 0 Å². The SMILES string of the molecule is C/C=C/COc1cc(C)c(OCCCCc2ccccc2/C=N/OC)c(C)c1. The second-order valence-corrected chi connectivity index (χ2v) is 6.69. The Bertz CT molecular complexity index is 773. The van der Waals surface area contributed by atoms with Crippen molar-refractivity contribution in [2.24, 2.45) is 5.16 Å². The summed E-state index contributed by atoms with van der Waals surface area (Å²) >= 11 is 0. The van der Waals surface area contributed by atoms with Gasteiger partial charge in [0.15, 0.2) is 0 Å². The molecule has 2 aromatic rings. The number of ether oxygens (including phenoxy) is 2. The predicted octanol–water partition coefficient (Wildman–Crippen LogP) is 5.64. The molecule has 0 aliphatic carbocycles. The first kappa shape index (κ1) is 21.5. The van der Waals surface area contributed by atoms with E-state index in [0.717, 1.165) is 47.5 Å². The molecule has 4 nitrogen and oxygen atoms in total. The van der Waals surface area contributed by atoms with Crippen molar-refractivity contribution in [2.75, 3.05) is 20.3 Å². The summed E-state index contributed by atoms with van der Waals surface area (Å²) in [6.45, 7) is 7.41. The summed E-state index contributed by atoms with van der Waals surface area (Å²) < 4.78 is 11.8. The molecule has 0 fully saturated rings. The van der Waals surface area contributed by atoms with Gasteiger partial charge in [-0.05, 0) is 74.4 Å². The number of allylic oxidation sites excluding steroid dienone is 1. The highest BCUT2D eigenvalue weighted by molar-refractivity contribution is 5.81. The van der Waals surface area contributed by atoms with Gasteiger partial charge < -0.3 is 14.3 Å². The number of aryl methyl sites for hydroxylation is 3. The van der Waals surface area contributed by atoms with Crippen LogP contribution in [0.15, 0.2) is 53.7 Å². The molecule has 2 rings (SSSR count). The lowest BCUT2D eigenvalue weighted by Gasteiger charge is -2.14. The molecule has 0 N–H and O–H groups in total. The standard InChI is InChI=1S/C24H31NO3/c1-5-6-14-27-23-16-19(2)24(20(3)17-23)28-15-10-9-12-21-11-7-8-13-22(21)18-25-26-4/h5-8,11,13,16-18H,9-10,12,14-15H2,1-4H3/b6-5+,25-18+. The van der Waals surface area contributed by atoms with E-state index in [1.807, 2.05) is 37.3 Å². The second kappa shape index (κ2) is 11.9. The van der Waals surface area contributed by atoms with Gasteiger partial charge in [-0.2, -0.15) is 0 Å². The van der Waals surface area contributed by atoms with Crippen LogP contribution in [0.5, 0.6) is 11.5 Å². The van der Waals surface area contributed by atoms with Crippen LogP contribution in [-0.4, -0.2) is 26.5 Å². The first-order valence-corrected chi connectivity index (χ1v) is 9.78. The van der Waals surface area contributed by atoms with Crippen LogP contribution in [-0.2, 0) is 11.3 Å². The number of rotatable bonds is 11. The van der Waals surface area contributed by atoms with Crippen LogP contribution in [0.25, 0.3) is 0 Å². The summed E-state index contributed by atoms with van der Waals surface area (Å²) in [7, 11) is 1.56. The number of nitrogens with zero attached hydrogens (tertiary/aromatic N) is 1. The molecule has 0 spiro atoms. The van der Waals surface area contributed by atoms with Crippen LogP contribution < -0.4 is 9.47 Å². The van der Waals surface area contributed by atoms with Gasteiger partial charge >= 0.3 is 0 Å². The highest BCUT2D eigenvalue weighted by atomic mass is 16.6. The summed E-state index contributed by atoms with van der Waals surface area (Å²) in [4.78, 5) is 4.79. The monoisotopic (exact) mass is 381 g/mol. The quantitative estimate of drug-likeness (QED) is 0.219. The van der Waals surface area contributed by atoms with Gasteiger partial charge in [0, 0.05) is 0 Å². The van der Waals surface area contributed by atoms with Crippen LogP contribution in [0.2, 0.25) is 0 Å². The number of oxime groups is 1. The van der Waals surface area contributed by atoms with E-state index in [2.05, 4.69) is 37.2 Å². The average molecular weight is 382 g/mol. The molecule has 150 valence electrons. The Morgan fingerprint density at radius 2 is 1.75 bits per heavy atom. The topological polar surface area (TPSA) is 40.0 Å². The van der Waals surface area contributed by atoms with Gasteiger partial charge in [-0.15, -0.1) is 0 Å². The van der Waals surface area contributed by atoms with Crippen LogP contribution in [0.1, 0.15) is 42.0 Å². The molecule has 0 aromatic heterocycles. The van der Waals surface area contributed by atoms with Crippen molar-refractivity contribution in [3.8, 4) is 11.5 Å². The maximum Gasteiger partial charge on any atom is 0.125 e. The summed E-state index contributed by atoms with van der Waals surface area (Å²) in [5.74, 6) is 1.85. The second-order valence-electron chi connectivity index (χ2n) is 6.69. The zero-order chi connectivity index (χ0) is 20.2. The third kappa shape index (κ3) is 6.76. The highest BCUT2D eigenvalue weighted by Gasteiger charge is 2.07. The van der Waals surface area contributed by atoms with Crippen molar-refractivity contribution in [2.45, 2.75) is 40.0 Å². The van der Waals surface area contributed by atoms with E-state index >= 15 is 0 Å². The Morgan fingerprint density at radius 1 is 1.00 bits per heavy atom. The van der Waals surface area contributed by atoms with Crippen LogP contribution in [0.3, 0.4) is 0 Å². The summed E-state index contributed by atoms with van der Waals surface area (Å²) in [6, 6.07) is 12.3. The van der Waals surface area contributed by atoms with Gasteiger partial charge in [0.1, 0.15) is 25.2 Å². The molecular formula is C24H31NO3. The third-order valence-electron chi connectivity index (χ3n) is 4.45. The number of hydrogen-bond acceptors (Lipinski definition) is 4. The maximum absolute atomic E-state index is 6.07. The molecule has 0 saturated carbocycles. The van der Waals surface area contributed by atoms with Crippen LogP contribution >= 0.6 is 0 Å². The molecule has 0 heterocycles. The molecule has 0 aliphatic heterocycles. The molecule has 0 unspecified atom stereocenters. The molecule has 0 saturated heterocycles. The van der Waals surface area contributed by atoms with E-state index in [9.17, 15) is 0 Å². The number of benzene rings is 2. The lowest BCUT2D eigenvalue weighted by molar-refractivity contribution is 0.215. The molecule has 28 heavy (non-hydrogen) atoms. The van der Waals surface area contributed by atoms with Crippen LogP contribution in [0.4, 0.5) is 0 Å². The Hall–Kier alpha value is -2.75. The van der Waals surface area contributed by atoms with Crippen molar-refractivity contribution < 1.29 is 14.3 Å². The van der Waals surface area contributed by atoms with E-state index in [0.29, 0.717) is 13.2 Å². The Balaban J connectivity index is 1.83. The van der Waals surface area contributed by atoms with E-state index < -0.39 is 0 Å². The molecule has 0 aliphatic rings. The van der Waals surface area contributed by atoms with Crippen molar-refractivity contribution in [1.82, 2.24) is 0 Å². The van der Waals surface area contributed by atoms with Crippen LogP contribution in [0, 0.1) is 13.8 Å². The Labute approximate surface area is 168 Å². The fourth-order valence-corrected chi connectivity index (χ4v) is 3.05. The van der Waals surface area contributed by atoms with Gasteiger partial charge in [0.05, 0.1) is 12.8 Å². The van der Waals surface area contributed by atoms with Gasteiger partial charge in [-0.25, -0.2) is 0 Å². The lowest BCUT2D eigenvalue weighted by Crippen LogP contribution is -2.03. The minimum atomic E-state index is 0.589. The largest absolute Gasteiger partial charge is 0.493 e. The fraction of sp³-hybridized carbons (Fsp3) is 0.375. The molecule has 0 bridgehead atoms. The van der Waals surface area contributed by atoms with E-state index in [4.69, 9.17) is 14.3 Å². The zero-order valence-corrected chi connectivity index (χ0v) is 17.4. The minimum absolute atomic E-state index is 0.589. The maximum atomic E-state index is 6.07. The molecule has 0 atom stereocenters. The number of hydrogen-bond donors (Lipinski definition) is 0. The van der Waals surface area contributed by atoms with Gasteiger partial charge in [0.25, 0.3) is 0 Å². The average Bonchev–Trinajstić information content (AvgIpc) is 2.69. The third-order valence-corrected chi connectivity index (χ3v) is 4.45. The normalized spacial score (nSPS) is 11.3. The zero-order valence-electron chi connectivity index (χ0n) is 17.4. The van der Waals surface area contributed by atoms with E-state index in [1.54, 1.807) is 13.3 Å². The van der Waals surface area contributed by atoms with Gasteiger partial charge in [0.2, 0.25) is 0 Å². The summed E-state index contributed by atoms with van der Waals surface area (Å²) in [6.07, 6.45) is 8.78. The smallest absolute Gasteiger partial charge is 0.125 e. The van der Waals surface area contributed by atoms with Crippen molar-refractivity contribution in [1.29, 1.82) is 0 Å². The van der Waals surface area contributed by atoms with Crippen molar-refractivity contribution in [3.63, 3.8) is 0 Å². The predicted molar refractivity (Wildman–Crippen MR) is 116 cm³/mol. The Morgan fingerprint density at radius 3 is 2.46 bits per heavy atom. The molecule has 0 radical (unpaired) electrons. The first-order valence-electron chi connectivity index (χ1n) is 9.78. The van der Waals surface area contributed by atoms with E-state index in [1.165, 1.54) is 5.56 Å². The lowest BCUT2D eigenvalue weighted by atomic mass is 10.0. The Kier molecular flexibility index (Phi) is 9.13. The first-order chi connectivity index (χ1) is 13.7. The minimum Gasteiger partial charge on any atom is -0.493 e. The van der Waals surface area contributed by atoms with Crippen molar-refractivity contribution >= 4 is 6.21 Å². The van der Waals surface area contributed by atoms with Gasteiger partial charge in [-0.3, -0.25) is 0 Å². The number of unbranched alkanes of at least 4 members (excludes halogenated alkanes) is 1. The fourth-order valence-electron chi connectivity index (χ4n) is 3.05. The summed E-state index contributed by atoms with van der Waals surface area (Å²) in [5, 5.41) is 3.87. The molecular weight excluding hydrogens is 350 g/mol. The molecule has 4 heteroatoms. The molecule has 2 aromatic carbocycles. The molecule has 0 amide bonds. The highest BCUT2D eigenvalue weighted by Crippen LogP contribution is 2.28. The van der Waals surface area contributed by atoms with Crippen molar-refractivity contribution in [3.05, 3.63) is 70.8 Å². The van der Waals surface area contributed by atoms with Gasteiger partial charge in [-0.1, -0.05) is 41.6 Å². The summed E-state index contributed by atoms with van der Waals surface area (Å²) in [5.41, 5.74) is 4.59.